The Hall–Kier alpha value is -2.23. The Labute approximate surface area is 99.4 Å². The van der Waals surface area contributed by atoms with Gasteiger partial charge in [-0.05, 0) is 12.5 Å². The third-order valence-electron chi connectivity index (χ3n) is 2.45. The van der Waals surface area contributed by atoms with Crippen molar-refractivity contribution in [3.63, 3.8) is 0 Å². The van der Waals surface area contributed by atoms with Crippen LogP contribution in [0.2, 0.25) is 0 Å². The molecule has 0 unspecified atom stereocenters. The average molecular weight is 230 g/mol. The first kappa shape index (κ1) is 11.3. The van der Waals surface area contributed by atoms with Gasteiger partial charge in [-0.1, -0.05) is 30.3 Å². The molecule has 0 saturated carbocycles. The number of ether oxygens (including phenoxy) is 1. The Morgan fingerprint density at radius 3 is 2.65 bits per heavy atom. The van der Waals surface area contributed by atoms with E-state index in [0.29, 0.717) is 23.6 Å². The zero-order valence-electron chi connectivity index (χ0n) is 9.57. The van der Waals surface area contributed by atoms with Crippen molar-refractivity contribution in [1.29, 1.82) is 0 Å². The van der Waals surface area contributed by atoms with Crippen molar-refractivity contribution in [3.05, 3.63) is 42.1 Å². The Kier molecular flexibility index (Phi) is 3.14. The zero-order valence-corrected chi connectivity index (χ0v) is 9.57. The lowest BCUT2D eigenvalue weighted by molar-refractivity contribution is 0.0997. The fourth-order valence-electron chi connectivity index (χ4n) is 1.75. The third kappa shape index (κ3) is 2.15. The van der Waals surface area contributed by atoms with Gasteiger partial charge in [-0.3, -0.25) is 4.79 Å². The molecule has 1 amide bonds. The molecule has 1 aromatic carbocycles. The van der Waals surface area contributed by atoms with Gasteiger partial charge in [0.25, 0.3) is 5.91 Å². The molecule has 0 aliphatic carbocycles. The zero-order chi connectivity index (χ0) is 12.3. The van der Waals surface area contributed by atoms with Crippen LogP contribution < -0.4 is 10.5 Å². The van der Waals surface area contributed by atoms with Crippen molar-refractivity contribution in [2.24, 2.45) is 5.73 Å². The molecule has 1 heterocycles. The van der Waals surface area contributed by atoms with Crippen molar-refractivity contribution in [3.8, 4) is 17.0 Å². The Balaban J connectivity index is 2.52. The third-order valence-corrected chi connectivity index (χ3v) is 2.45. The van der Waals surface area contributed by atoms with E-state index in [4.69, 9.17) is 10.5 Å². The molecule has 17 heavy (non-hydrogen) atoms. The number of benzene rings is 1. The van der Waals surface area contributed by atoms with Gasteiger partial charge < -0.3 is 15.5 Å². The largest absolute Gasteiger partial charge is 0.491 e. The first-order chi connectivity index (χ1) is 8.24. The standard InChI is InChI=1S/C13H14N2O2/c1-2-17-10-8-15-12(11(10)13(14)16)9-6-4-3-5-7-9/h3-8,15H,2H2,1H3,(H2,14,16). The Bertz CT molecular complexity index is 517. The highest BCUT2D eigenvalue weighted by molar-refractivity contribution is 6.01. The molecule has 4 heteroatoms. The van der Waals surface area contributed by atoms with Crippen molar-refractivity contribution in [2.75, 3.05) is 6.61 Å². The molecule has 0 saturated heterocycles. The number of H-pyrrole nitrogens is 1. The smallest absolute Gasteiger partial charge is 0.254 e. The van der Waals surface area contributed by atoms with E-state index in [1.807, 2.05) is 37.3 Å². The molecule has 2 rings (SSSR count). The normalized spacial score (nSPS) is 10.2. The molecule has 4 nitrogen and oxygen atoms in total. The van der Waals surface area contributed by atoms with Gasteiger partial charge in [-0.25, -0.2) is 0 Å². The van der Waals surface area contributed by atoms with Crippen LogP contribution in [-0.4, -0.2) is 17.5 Å². The molecular formula is C13H14N2O2. The number of aromatic nitrogens is 1. The van der Waals surface area contributed by atoms with Gasteiger partial charge in [-0.2, -0.15) is 0 Å². The van der Waals surface area contributed by atoms with Crippen LogP contribution in [0.4, 0.5) is 0 Å². The molecular weight excluding hydrogens is 216 g/mol. The highest BCUT2D eigenvalue weighted by Gasteiger charge is 2.18. The van der Waals surface area contributed by atoms with Crippen LogP contribution in [0.5, 0.6) is 5.75 Å². The van der Waals surface area contributed by atoms with Gasteiger partial charge in [-0.15, -0.1) is 0 Å². The highest BCUT2D eigenvalue weighted by Crippen LogP contribution is 2.29. The van der Waals surface area contributed by atoms with E-state index in [0.717, 1.165) is 5.56 Å². The number of hydrogen-bond donors (Lipinski definition) is 2. The molecule has 0 atom stereocenters. The van der Waals surface area contributed by atoms with Gasteiger partial charge in [0, 0.05) is 6.20 Å². The Morgan fingerprint density at radius 1 is 1.35 bits per heavy atom. The van der Waals surface area contributed by atoms with Crippen molar-refractivity contribution in [2.45, 2.75) is 6.92 Å². The minimum Gasteiger partial charge on any atom is -0.491 e. The average Bonchev–Trinajstić information content (AvgIpc) is 2.74. The van der Waals surface area contributed by atoms with Crippen LogP contribution in [-0.2, 0) is 0 Å². The summed E-state index contributed by atoms with van der Waals surface area (Å²) in [6, 6.07) is 9.55. The highest BCUT2D eigenvalue weighted by atomic mass is 16.5. The number of nitrogens with two attached hydrogens (primary N) is 1. The molecule has 0 fully saturated rings. The molecule has 0 radical (unpaired) electrons. The molecule has 0 spiro atoms. The molecule has 0 aliphatic rings. The maximum Gasteiger partial charge on any atom is 0.254 e. The van der Waals surface area contributed by atoms with Crippen molar-refractivity contribution < 1.29 is 9.53 Å². The number of aromatic amines is 1. The fourth-order valence-corrected chi connectivity index (χ4v) is 1.75. The summed E-state index contributed by atoms with van der Waals surface area (Å²) in [5.41, 5.74) is 7.39. The maximum atomic E-state index is 11.5. The minimum absolute atomic E-state index is 0.401. The van der Waals surface area contributed by atoms with Crippen molar-refractivity contribution in [1.82, 2.24) is 4.98 Å². The first-order valence-corrected chi connectivity index (χ1v) is 5.43. The predicted octanol–water partition coefficient (Wildman–Crippen LogP) is 2.18. The number of carbonyl (C=O) groups is 1. The van der Waals surface area contributed by atoms with Gasteiger partial charge >= 0.3 is 0 Å². The van der Waals surface area contributed by atoms with Gasteiger partial charge in [0.15, 0.2) is 0 Å². The second-order valence-corrected chi connectivity index (χ2v) is 3.57. The lowest BCUT2D eigenvalue weighted by atomic mass is 10.1. The minimum atomic E-state index is -0.492. The summed E-state index contributed by atoms with van der Waals surface area (Å²) in [5.74, 6) is 0.00686. The maximum absolute atomic E-state index is 11.5. The van der Waals surface area contributed by atoms with Crippen LogP contribution >= 0.6 is 0 Å². The Morgan fingerprint density at radius 2 is 2.06 bits per heavy atom. The molecule has 2 aromatic rings. The summed E-state index contributed by atoms with van der Waals surface area (Å²) in [6.07, 6.45) is 1.66. The van der Waals surface area contributed by atoms with Gasteiger partial charge in [0.05, 0.1) is 12.3 Å². The number of carbonyl (C=O) groups excluding carboxylic acids is 1. The molecule has 0 bridgehead atoms. The van der Waals surface area contributed by atoms with E-state index in [2.05, 4.69) is 4.98 Å². The van der Waals surface area contributed by atoms with Crippen LogP contribution in [0.1, 0.15) is 17.3 Å². The molecule has 1 aromatic heterocycles. The predicted molar refractivity (Wildman–Crippen MR) is 65.9 cm³/mol. The summed E-state index contributed by atoms with van der Waals surface area (Å²) >= 11 is 0. The quantitative estimate of drug-likeness (QED) is 0.845. The van der Waals surface area contributed by atoms with Crippen LogP contribution in [0, 0.1) is 0 Å². The molecule has 0 aliphatic heterocycles. The second-order valence-electron chi connectivity index (χ2n) is 3.57. The number of amides is 1. The first-order valence-electron chi connectivity index (χ1n) is 5.43. The monoisotopic (exact) mass is 230 g/mol. The summed E-state index contributed by atoms with van der Waals surface area (Å²) < 4.78 is 5.37. The lowest BCUT2D eigenvalue weighted by Gasteiger charge is -2.04. The van der Waals surface area contributed by atoms with Gasteiger partial charge in [0.1, 0.15) is 11.3 Å². The molecule has 3 N–H and O–H groups in total. The van der Waals surface area contributed by atoms with Crippen LogP contribution in [0.25, 0.3) is 11.3 Å². The molecule has 88 valence electrons. The topological polar surface area (TPSA) is 68.1 Å². The summed E-state index contributed by atoms with van der Waals surface area (Å²) in [5, 5.41) is 0. The fraction of sp³-hybridized carbons (Fsp3) is 0.154. The van der Waals surface area contributed by atoms with E-state index < -0.39 is 5.91 Å². The van der Waals surface area contributed by atoms with Crippen molar-refractivity contribution >= 4 is 5.91 Å². The number of rotatable bonds is 4. The van der Waals surface area contributed by atoms with E-state index in [1.54, 1.807) is 6.20 Å². The lowest BCUT2D eigenvalue weighted by Crippen LogP contribution is -2.13. The summed E-state index contributed by atoms with van der Waals surface area (Å²) in [4.78, 5) is 14.5. The van der Waals surface area contributed by atoms with E-state index >= 15 is 0 Å². The van der Waals surface area contributed by atoms with E-state index in [9.17, 15) is 4.79 Å². The number of nitrogens with one attached hydrogen (secondary N) is 1. The van der Waals surface area contributed by atoms with E-state index in [-0.39, 0.29) is 0 Å². The van der Waals surface area contributed by atoms with Crippen LogP contribution in [0.3, 0.4) is 0 Å². The van der Waals surface area contributed by atoms with Gasteiger partial charge in [0.2, 0.25) is 0 Å². The summed E-state index contributed by atoms with van der Waals surface area (Å²) in [7, 11) is 0. The SMILES string of the molecule is CCOc1c[nH]c(-c2ccccc2)c1C(N)=O. The number of primary amides is 1. The second kappa shape index (κ2) is 4.74. The van der Waals surface area contributed by atoms with E-state index in [1.165, 1.54) is 0 Å². The van der Waals surface area contributed by atoms with Crippen LogP contribution in [0.15, 0.2) is 36.5 Å². The number of hydrogen-bond acceptors (Lipinski definition) is 2. The summed E-state index contributed by atoms with van der Waals surface area (Å²) in [6.45, 7) is 2.35.